The smallest absolute Gasteiger partial charge is 0.261 e. The zero-order valence-corrected chi connectivity index (χ0v) is 18.9. The third-order valence-corrected chi connectivity index (χ3v) is 7.89. The first-order valence-electron chi connectivity index (χ1n) is 11.1. The van der Waals surface area contributed by atoms with Crippen molar-refractivity contribution in [2.24, 2.45) is 0 Å². The molecule has 0 spiro atoms. The van der Waals surface area contributed by atoms with Crippen LogP contribution >= 0.6 is 0 Å². The molecule has 3 aromatic rings. The van der Waals surface area contributed by atoms with E-state index in [0.717, 1.165) is 62.4 Å². The van der Waals surface area contributed by atoms with Gasteiger partial charge >= 0.3 is 0 Å². The van der Waals surface area contributed by atoms with Gasteiger partial charge in [-0.1, -0.05) is 6.07 Å². The van der Waals surface area contributed by atoms with E-state index in [4.69, 9.17) is 0 Å². The van der Waals surface area contributed by atoms with Crippen molar-refractivity contribution in [3.05, 3.63) is 83.9 Å². The third-order valence-electron chi connectivity index (χ3n) is 6.49. The Morgan fingerprint density at radius 2 is 1.45 bits per heavy atom. The highest BCUT2D eigenvalue weighted by molar-refractivity contribution is 7.92. The van der Waals surface area contributed by atoms with Crippen LogP contribution in [0.1, 0.15) is 18.4 Å². The van der Waals surface area contributed by atoms with Gasteiger partial charge in [0, 0.05) is 37.1 Å². The van der Waals surface area contributed by atoms with Crippen molar-refractivity contribution in [2.45, 2.75) is 30.2 Å². The van der Waals surface area contributed by atoms with Crippen LogP contribution in [0.15, 0.2) is 71.6 Å². The van der Waals surface area contributed by atoms with Crippen LogP contribution in [0.2, 0.25) is 0 Å². The summed E-state index contributed by atoms with van der Waals surface area (Å²) < 4.78 is 54.4. The van der Waals surface area contributed by atoms with Crippen LogP contribution in [-0.4, -0.2) is 34.1 Å². The Morgan fingerprint density at radius 1 is 0.818 bits per heavy atom. The van der Waals surface area contributed by atoms with E-state index in [0.29, 0.717) is 11.7 Å². The fraction of sp³-hybridized carbons (Fsp3) is 0.280. The number of hydrogen-bond acceptors (Lipinski definition) is 4. The van der Waals surface area contributed by atoms with Crippen LogP contribution in [0.25, 0.3) is 0 Å². The molecule has 33 heavy (non-hydrogen) atoms. The number of anilines is 3. The second kappa shape index (κ2) is 8.67. The summed E-state index contributed by atoms with van der Waals surface area (Å²) in [6, 6.07) is 17.4. The Balaban J connectivity index is 1.29. The molecule has 1 fully saturated rings. The molecule has 5 nitrogen and oxygen atoms in total. The van der Waals surface area contributed by atoms with Crippen molar-refractivity contribution >= 4 is 27.1 Å². The van der Waals surface area contributed by atoms with E-state index >= 15 is 0 Å². The SMILES string of the molecule is O=S(=O)(Nc1ccc2c(c1)N(C1CCN(c3ccc(F)cc3)CC1)CC2)c1ccc(F)cc1. The van der Waals surface area contributed by atoms with Crippen LogP contribution in [0.5, 0.6) is 0 Å². The maximum absolute atomic E-state index is 13.2. The highest BCUT2D eigenvalue weighted by Crippen LogP contribution is 2.36. The minimum atomic E-state index is -3.80. The van der Waals surface area contributed by atoms with Crippen LogP contribution in [0, 0.1) is 11.6 Å². The molecule has 0 amide bonds. The van der Waals surface area contributed by atoms with Crippen molar-refractivity contribution in [3.8, 4) is 0 Å². The molecule has 2 heterocycles. The van der Waals surface area contributed by atoms with Gasteiger partial charge in [0.1, 0.15) is 11.6 Å². The summed E-state index contributed by atoms with van der Waals surface area (Å²) in [6.07, 6.45) is 2.88. The maximum atomic E-state index is 13.2. The average Bonchev–Trinajstić information content (AvgIpc) is 3.23. The van der Waals surface area contributed by atoms with Gasteiger partial charge in [0.2, 0.25) is 0 Å². The molecule has 0 aromatic heterocycles. The molecule has 8 heteroatoms. The lowest BCUT2D eigenvalue weighted by Crippen LogP contribution is -2.44. The number of nitrogens with zero attached hydrogens (tertiary/aromatic N) is 2. The minimum absolute atomic E-state index is 0.0226. The molecule has 1 saturated heterocycles. The predicted molar refractivity (Wildman–Crippen MR) is 126 cm³/mol. The number of fused-ring (bicyclic) bond motifs is 1. The van der Waals surface area contributed by atoms with Crippen LogP contribution in [0.4, 0.5) is 25.8 Å². The lowest BCUT2D eigenvalue weighted by atomic mass is 10.0. The van der Waals surface area contributed by atoms with Gasteiger partial charge in [0.25, 0.3) is 10.0 Å². The third kappa shape index (κ3) is 4.53. The summed E-state index contributed by atoms with van der Waals surface area (Å²) in [6.45, 7) is 2.68. The normalized spacial score (nSPS) is 16.7. The van der Waals surface area contributed by atoms with E-state index in [-0.39, 0.29) is 10.7 Å². The maximum Gasteiger partial charge on any atom is 0.261 e. The van der Waals surface area contributed by atoms with E-state index in [1.165, 1.54) is 29.8 Å². The molecule has 0 aliphatic carbocycles. The Kier molecular flexibility index (Phi) is 5.70. The monoisotopic (exact) mass is 469 g/mol. The van der Waals surface area contributed by atoms with Crippen molar-refractivity contribution in [3.63, 3.8) is 0 Å². The lowest BCUT2D eigenvalue weighted by molar-refractivity contribution is 0.472. The molecule has 5 rings (SSSR count). The van der Waals surface area contributed by atoms with Crippen molar-refractivity contribution in [1.82, 2.24) is 0 Å². The fourth-order valence-corrected chi connectivity index (χ4v) is 5.81. The van der Waals surface area contributed by atoms with Gasteiger partial charge < -0.3 is 9.80 Å². The largest absolute Gasteiger partial charge is 0.371 e. The van der Waals surface area contributed by atoms with E-state index in [1.807, 2.05) is 24.3 Å². The summed E-state index contributed by atoms with van der Waals surface area (Å²) in [5, 5.41) is 0. The van der Waals surface area contributed by atoms with E-state index in [1.54, 1.807) is 6.07 Å². The summed E-state index contributed by atoms with van der Waals surface area (Å²) in [5.74, 6) is -0.708. The predicted octanol–water partition coefficient (Wildman–Crippen LogP) is 4.80. The lowest BCUT2D eigenvalue weighted by Gasteiger charge is -2.39. The zero-order chi connectivity index (χ0) is 23.0. The van der Waals surface area contributed by atoms with E-state index in [2.05, 4.69) is 14.5 Å². The number of hydrogen-bond donors (Lipinski definition) is 1. The molecular formula is C25H25F2N3O2S. The number of piperidine rings is 1. The molecule has 1 N–H and O–H groups in total. The number of rotatable bonds is 5. The Bertz CT molecular complexity index is 1240. The summed E-state index contributed by atoms with van der Waals surface area (Å²) in [7, 11) is -3.80. The van der Waals surface area contributed by atoms with Gasteiger partial charge in [0.05, 0.1) is 10.6 Å². The van der Waals surface area contributed by atoms with E-state index in [9.17, 15) is 17.2 Å². The zero-order valence-electron chi connectivity index (χ0n) is 18.0. The molecule has 2 aliphatic heterocycles. The topological polar surface area (TPSA) is 52.7 Å². The Labute approximate surface area is 192 Å². The van der Waals surface area contributed by atoms with Gasteiger partial charge in [0.15, 0.2) is 0 Å². The first kappa shape index (κ1) is 21.7. The summed E-state index contributed by atoms with van der Waals surface area (Å²) in [4.78, 5) is 4.68. The molecule has 0 bridgehead atoms. The second-order valence-electron chi connectivity index (χ2n) is 8.54. The molecular weight excluding hydrogens is 444 g/mol. The molecule has 0 saturated carbocycles. The summed E-state index contributed by atoms with van der Waals surface area (Å²) >= 11 is 0. The minimum Gasteiger partial charge on any atom is -0.371 e. The van der Waals surface area contributed by atoms with Gasteiger partial charge in [-0.3, -0.25) is 4.72 Å². The second-order valence-corrected chi connectivity index (χ2v) is 10.2. The van der Waals surface area contributed by atoms with Crippen molar-refractivity contribution in [1.29, 1.82) is 0 Å². The van der Waals surface area contributed by atoms with Gasteiger partial charge in [-0.15, -0.1) is 0 Å². The van der Waals surface area contributed by atoms with Crippen LogP contribution < -0.4 is 14.5 Å². The first-order chi connectivity index (χ1) is 15.9. The van der Waals surface area contributed by atoms with Crippen LogP contribution in [0.3, 0.4) is 0 Å². The Hall–Kier alpha value is -3.13. The average molecular weight is 470 g/mol. The number of sulfonamides is 1. The quantitative estimate of drug-likeness (QED) is 0.584. The molecule has 172 valence electrons. The molecule has 2 aliphatic rings. The number of halogens is 2. The number of nitrogens with one attached hydrogen (secondary N) is 1. The molecule has 0 atom stereocenters. The molecule has 3 aromatic carbocycles. The van der Waals surface area contributed by atoms with E-state index < -0.39 is 15.8 Å². The standard InChI is InChI=1S/C25H25F2N3O2S/c26-19-2-7-22(8-3-19)29-14-12-23(13-15-29)30-16-11-18-1-6-21(17-25(18)30)28-33(31,32)24-9-4-20(27)5-10-24/h1-10,17,23,28H,11-16H2. The van der Waals surface area contributed by atoms with Crippen LogP contribution in [-0.2, 0) is 16.4 Å². The first-order valence-corrected chi connectivity index (χ1v) is 12.6. The molecule has 0 radical (unpaired) electrons. The van der Waals surface area contributed by atoms with Gasteiger partial charge in [-0.05, 0) is 85.5 Å². The van der Waals surface area contributed by atoms with Crippen molar-refractivity contribution < 1.29 is 17.2 Å². The van der Waals surface area contributed by atoms with Crippen molar-refractivity contribution in [2.75, 3.05) is 34.2 Å². The Morgan fingerprint density at radius 3 is 2.12 bits per heavy atom. The molecule has 0 unspecified atom stereocenters. The highest BCUT2D eigenvalue weighted by atomic mass is 32.2. The van der Waals surface area contributed by atoms with Gasteiger partial charge in [-0.2, -0.15) is 0 Å². The highest BCUT2D eigenvalue weighted by Gasteiger charge is 2.30. The fourth-order valence-electron chi connectivity index (χ4n) is 4.76. The summed E-state index contributed by atoms with van der Waals surface area (Å²) in [5.41, 5.74) is 3.80. The van der Waals surface area contributed by atoms with Gasteiger partial charge in [-0.25, -0.2) is 17.2 Å². The number of benzene rings is 3.